The highest BCUT2D eigenvalue weighted by Gasteiger charge is 2.23. The molecule has 6 heteroatoms. The van der Waals surface area contributed by atoms with Gasteiger partial charge < -0.3 is 20.1 Å². The number of hydrogen-bond acceptors (Lipinski definition) is 4. The van der Waals surface area contributed by atoms with E-state index in [1.165, 1.54) is 0 Å². The Hall–Kier alpha value is -1.46. The lowest BCUT2D eigenvalue weighted by molar-refractivity contribution is 0.0740. The van der Waals surface area contributed by atoms with Crippen LogP contribution in [0.15, 0.2) is 12.1 Å². The van der Waals surface area contributed by atoms with Gasteiger partial charge in [-0.25, -0.2) is 0 Å². The summed E-state index contributed by atoms with van der Waals surface area (Å²) in [7, 11) is 4.94. The highest BCUT2D eigenvalue weighted by Crippen LogP contribution is 2.30. The van der Waals surface area contributed by atoms with Crippen molar-refractivity contribution in [3.05, 3.63) is 23.3 Å². The van der Waals surface area contributed by atoms with Crippen molar-refractivity contribution in [2.24, 2.45) is 11.1 Å². The van der Waals surface area contributed by atoms with Crippen LogP contribution >= 0.6 is 12.4 Å². The summed E-state index contributed by atoms with van der Waals surface area (Å²) >= 11 is 0. The topological polar surface area (TPSA) is 64.8 Å². The molecule has 0 aromatic heterocycles. The Morgan fingerprint density at radius 2 is 1.68 bits per heavy atom. The number of nitrogens with two attached hydrogens (primary N) is 1. The van der Waals surface area contributed by atoms with Crippen LogP contribution < -0.4 is 15.2 Å². The zero-order chi connectivity index (χ0) is 16.2. The number of rotatable bonds is 6. The van der Waals surface area contributed by atoms with Gasteiger partial charge in [-0.1, -0.05) is 13.8 Å². The summed E-state index contributed by atoms with van der Waals surface area (Å²) in [5, 5.41) is 0. The van der Waals surface area contributed by atoms with Crippen molar-refractivity contribution in [2.75, 3.05) is 34.4 Å². The molecule has 1 rings (SSSR count). The Kier molecular flexibility index (Phi) is 7.70. The van der Waals surface area contributed by atoms with E-state index >= 15 is 0 Å². The quantitative estimate of drug-likeness (QED) is 0.870. The van der Waals surface area contributed by atoms with Gasteiger partial charge in [0.1, 0.15) is 11.5 Å². The maximum atomic E-state index is 12.6. The lowest BCUT2D eigenvalue weighted by atomic mass is 9.93. The second-order valence-electron chi connectivity index (χ2n) is 6.04. The van der Waals surface area contributed by atoms with E-state index in [0.717, 1.165) is 5.56 Å². The summed E-state index contributed by atoms with van der Waals surface area (Å²) in [4.78, 5) is 14.2. The Balaban J connectivity index is 0.00000441. The summed E-state index contributed by atoms with van der Waals surface area (Å²) in [5.41, 5.74) is 7.03. The molecule has 1 amide bonds. The van der Waals surface area contributed by atoms with Crippen LogP contribution in [-0.2, 0) is 0 Å². The number of ether oxygens (including phenoxy) is 2. The van der Waals surface area contributed by atoms with Crippen molar-refractivity contribution in [1.29, 1.82) is 0 Å². The van der Waals surface area contributed by atoms with Gasteiger partial charge >= 0.3 is 0 Å². The predicted octanol–water partition coefficient (Wildman–Crippen LogP) is 2.49. The van der Waals surface area contributed by atoms with Crippen LogP contribution in [0.4, 0.5) is 0 Å². The summed E-state index contributed by atoms with van der Waals surface area (Å²) in [5.74, 6) is 1.21. The molecule has 0 saturated heterocycles. The SMILES string of the molecule is COc1cc(C(=O)N(C)CC(C)(C)CN)cc(OC)c1C.Cl. The number of carbonyl (C=O) groups is 1. The van der Waals surface area contributed by atoms with E-state index in [1.807, 2.05) is 20.8 Å². The molecule has 0 aliphatic rings. The first kappa shape index (κ1) is 20.5. The fourth-order valence-corrected chi connectivity index (χ4v) is 2.21. The monoisotopic (exact) mass is 330 g/mol. The standard InChI is InChI=1S/C16H26N2O3.ClH/c1-11-13(20-5)7-12(8-14(11)21-6)15(19)18(4)10-16(2,3)9-17;/h7-8H,9-10,17H2,1-6H3;1H. The minimum atomic E-state index is -0.122. The third-order valence-electron chi connectivity index (χ3n) is 3.56. The van der Waals surface area contributed by atoms with E-state index in [-0.39, 0.29) is 23.7 Å². The van der Waals surface area contributed by atoms with Gasteiger partial charge in [0.2, 0.25) is 0 Å². The summed E-state index contributed by atoms with van der Waals surface area (Å²) in [6.45, 7) is 7.07. The molecule has 1 aromatic rings. The van der Waals surface area contributed by atoms with E-state index in [0.29, 0.717) is 30.2 Å². The van der Waals surface area contributed by atoms with Gasteiger partial charge in [-0.2, -0.15) is 0 Å². The zero-order valence-electron chi connectivity index (χ0n) is 14.2. The van der Waals surface area contributed by atoms with E-state index < -0.39 is 0 Å². The summed E-state index contributed by atoms with van der Waals surface area (Å²) in [6.07, 6.45) is 0. The summed E-state index contributed by atoms with van der Waals surface area (Å²) in [6, 6.07) is 3.48. The highest BCUT2D eigenvalue weighted by molar-refractivity contribution is 5.95. The van der Waals surface area contributed by atoms with Crippen LogP contribution in [0.3, 0.4) is 0 Å². The fraction of sp³-hybridized carbons (Fsp3) is 0.562. The minimum absolute atomic E-state index is 0. The van der Waals surface area contributed by atoms with Crippen LogP contribution in [0, 0.1) is 12.3 Å². The molecule has 0 aliphatic carbocycles. The molecule has 0 radical (unpaired) electrons. The molecule has 0 heterocycles. The number of carbonyl (C=O) groups excluding carboxylic acids is 1. The second-order valence-corrected chi connectivity index (χ2v) is 6.04. The number of hydrogen-bond donors (Lipinski definition) is 1. The molecule has 0 saturated carbocycles. The average molecular weight is 331 g/mol. The van der Waals surface area contributed by atoms with Crippen molar-refractivity contribution in [1.82, 2.24) is 4.90 Å². The number of nitrogens with zero attached hydrogens (tertiary/aromatic N) is 1. The van der Waals surface area contributed by atoms with Gasteiger partial charge in [-0.3, -0.25) is 4.79 Å². The van der Waals surface area contributed by atoms with Gasteiger partial charge in [0.15, 0.2) is 0 Å². The van der Waals surface area contributed by atoms with Gasteiger partial charge in [-0.15, -0.1) is 12.4 Å². The molecule has 22 heavy (non-hydrogen) atoms. The number of amides is 1. The van der Waals surface area contributed by atoms with Crippen molar-refractivity contribution in [3.8, 4) is 11.5 Å². The van der Waals surface area contributed by atoms with Gasteiger partial charge in [-0.05, 0) is 31.0 Å². The first-order valence-corrected chi connectivity index (χ1v) is 6.94. The number of benzene rings is 1. The fourth-order valence-electron chi connectivity index (χ4n) is 2.21. The third-order valence-corrected chi connectivity index (χ3v) is 3.56. The Labute approximate surface area is 139 Å². The molecular formula is C16H27ClN2O3. The van der Waals surface area contributed by atoms with Gasteiger partial charge in [0.25, 0.3) is 5.91 Å². The largest absolute Gasteiger partial charge is 0.496 e. The van der Waals surface area contributed by atoms with Gasteiger partial charge in [0.05, 0.1) is 14.2 Å². The molecule has 0 spiro atoms. The van der Waals surface area contributed by atoms with Crippen LogP contribution in [0.25, 0.3) is 0 Å². The predicted molar refractivity (Wildman–Crippen MR) is 91.3 cm³/mol. The highest BCUT2D eigenvalue weighted by atomic mass is 35.5. The Morgan fingerprint density at radius 1 is 1.23 bits per heavy atom. The molecule has 1 aromatic carbocycles. The maximum Gasteiger partial charge on any atom is 0.253 e. The lowest BCUT2D eigenvalue weighted by Crippen LogP contribution is -2.39. The average Bonchev–Trinajstić information content (AvgIpc) is 2.46. The molecule has 5 nitrogen and oxygen atoms in total. The smallest absolute Gasteiger partial charge is 0.253 e. The minimum Gasteiger partial charge on any atom is -0.496 e. The Morgan fingerprint density at radius 3 is 2.05 bits per heavy atom. The van der Waals surface area contributed by atoms with Crippen molar-refractivity contribution in [3.63, 3.8) is 0 Å². The van der Waals surface area contributed by atoms with Crippen LogP contribution in [-0.4, -0.2) is 45.2 Å². The van der Waals surface area contributed by atoms with E-state index in [2.05, 4.69) is 0 Å². The molecule has 0 unspecified atom stereocenters. The van der Waals surface area contributed by atoms with Gasteiger partial charge in [0, 0.05) is 24.7 Å². The van der Waals surface area contributed by atoms with Crippen molar-refractivity contribution in [2.45, 2.75) is 20.8 Å². The van der Waals surface area contributed by atoms with Crippen LogP contribution in [0.1, 0.15) is 29.8 Å². The number of halogens is 1. The van der Waals surface area contributed by atoms with E-state index in [4.69, 9.17) is 15.2 Å². The summed E-state index contributed by atoms with van der Waals surface area (Å²) < 4.78 is 10.6. The van der Waals surface area contributed by atoms with E-state index in [9.17, 15) is 4.79 Å². The maximum absolute atomic E-state index is 12.6. The molecule has 0 bridgehead atoms. The zero-order valence-corrected chi connectivity index (χ0v) is 15.0. The lowest BCUT2D eigenvalue weighted by Gasteiger charge is -2.29. The first-order chi connectivity index (χ1) is 9.75. The first-order valence-electron chi connectivity index (χ1n) is 6.94. The van der Waals surface area contributed by atoms with Crippen molar-refractivity contribution < 1.29 is 14.3 Å². The molecule has 0 aliphatic heterocycles. The normalized spacial score (nSPS) is 10.7. The van der Waals surface area contributed by atoms with Crippen LogP contribution in [0.2, 0.25) is 0 Å². The molecular weight excluding hydrogens is 304 g/mol. The third kappa shape index (κ3) is 4.78. The van der Waals surface area contributed by atoms with E-state index in [1.54, 1.807) is 38.3 Å². The molecule has 0 atom stereocenters. The Bertz CT molecular complexity index is 493. The second kappa shape index (κ2) is 8.25. The molecule has 2 N–H and O–H groups in total. The molecule has 0 fully saturated rings. The number of methoxy groups -OCH3 is 2. The molecule has 126 valence electrons. The van der Waals surface area contributed by atoms with Crippen molar-refractivity contribution >= 4 is 18.3 Å². The van der Waals surface area contributed by atoms with Crippen LogP contribution in [0.5, 0.6) is 11.5 Å².